The van der Waals surface area contributed by atoms with Crippen molar-refractivity contribution in [1.82, 2.24) is 5.16 Å². The lowest BCUT2D eigenvalue weighted by Gasteiger charge is -2.18. The molecule has 37 heavy (non-hydrogen) atoms. The first kappa shape index (κ1) is 26.2. The van der Waals surface area contributed by atoms with Crippen molar-refractivity contribution in [2.75, 3.05) is 21.3 Å². The molecule has 0 fully saturated rings. The second-order valence-electron chi connectivity index (χ2n) is 7.72. The third kappa shape index (κ3) is 6.10. The molecule has 192 valence electrons. The molecule has 0 aliphatic heterocycles. The van der Waals surface area contributed by atoms with Crippen molar-refractivity contribution < 1.29 is 33.0 Å². The monoisotopic (exact) mass is 543 g/mol. The van der Waals surface area contributed by atoms with Crippen LogP contribution in [0.25, 0.3) is 11.3 Å². The normalized spacial score (nSPS) is 10.6. The van der Waals surface area contributed by atoms with Gasteiger partial charge >= 0.3 is 5.97 Å². The van der Waals surface area contributed by atoms with Gasteiger partial charge in [-0.15, -0.1) is 0 Å². The molecule has 0 N–H and O–H groups in total. The highest BCUT2D eigenvalue weighted by Gasteiger charge is 2.24. The maximum atomic E-state index is 11.8. The van der Waals surface area contributed by atoms with Crippen molar-refractivity contribution in [2.45, 2.75) is 13.2 Å². The van der Waals surface area contributed by atoms with Crippen molar-refractivity contribution in [1.29, 1.82) is 0 Å². The van der Waals surface area contributed by atoms with Crippen LogP contribution in [0.3, 0.4) is 0 Å². The van der Waals surface area contributed by atoms with E-state index < -0.39 is 5.97 Å². The maximum absolute atomic E-state index is 11.8. The van der Waals surface area contributed by atoms with E-state index in [1.807, 2.05) is 48.5 Å². The van der Waals surface area contributed by atoms with E-state index in [4.69, 9.17) is 46.7 Å². The summed E-state index contributed by atoms with van der Waals surface area (Å²) < 4.78 is 32.4. The molecule has 4 rings (SSSR count). The number of nitrogens with zero attached hydrogens (tertiary/aromatic N) is 1. The Labute approximate surface area is 223 Å². The van der Waals surface area contributed by atoms with Crippen LogP contribution in [0, 0.1) is 0 Å². The first-order chi connectivity index (χ1) is 17.9. The van der Waals surface area contributed by atoms with Crippen LogP contribution >= 0.6 is 23.2 Å². The summed E-state index contributed by atoms with van der Waals surface area (Å²) in [6.07, 6.45) is 0. The molecule has 10 heteroatoms. The molecule has 0 atom stereocenters. The highest BCUT2D eigenvalue weighted by Crippen LogP contribution is 2.47. The Hall–Kier alpha value is -3.88. The van der Waals surface area contributed by atoms with Gasteiger partial charge in [-0.25, -0.2) is 4.79 Å². The Morgan fingerprint density at radius 2 is 1.35 bits per heavy atom. The molecule has 0 amide bonds. The van der Waals surface area contributed by atoms with E-state index >= 15 is 0 Å². The summed E-state index contributed by atoms with van der Waals surface area (Å²) in [6.45, 7) is 0.378. The largest absolute Gasteiger partial charge is 0.497 e. The van der Waals surface area contributed by atoms with E-state index in [-0.39, 0.29) is 46.2 Å². The van der Waals surface area contributed by atoms with Gasteiger partial charge in [-0.3, -0.25) is 0 Å². The minimum absolute atomic E-state index is 0.0785. The maximum Gasteiger partial charge on any atom is 0.376 e. The Bertz CT molecular complexity index is 1370. The minimum atomic E-state index is -0.670. The molecule has 4 aromatic rings. The number of benzene rings is 3. The van der Waals surface area contributed by atoms with Gasteiger partial charge in [-0.2, -0.15) is 0 Å². The molecule has 0 bridgehead atoms. The molecule has 3 aromatic carbocycles. The van der Waals surface area contributed by atoms with Crippen molar-refractivity contribution in [3.8, 4) is 34.3 Å². The van der Waals surface area contributed by atoms with E-state index in [1.165, 1.54) is 13.2 Å². The second-order valence-corrected chi connectivity index (χ2v) is 8.50. The molecular weight excluding hydrogens is 521 g/mol. The van der Waals surface area contributed by atoms with Crippen LogP contribution in [0.5, 0.6) is 23.0 Å². The Kier molecular flexibility index (Phi) is 8.43. The highest BCUT2D eigenvalue weighted by molar-refractivity contribution is 6.38. The smallest absolute Gasteiger partial charge is 0.376 e. The number of ether oxygens (including phenoxy) is 5. The van der Waals surface area contributed by atoms with Crippen LogP contribution in [-0.4, -0.2) is 32.5 Å². The molecule has 0 saturated carbocycles. The van der Waals surface area contributed by atoms with Gasteiger partial charge < -0.3 is 28.2 Å². The number of rotatable bonds is 10. The van der Waals surface area contributed by atoms with E-state index in [1.54, 1.807) is 20.3 Å². The van der Waals surface area contributed by atoms with Crippen LogP contribution in [0.4, 0.5) is 0 Å². The van der Waals surface area contributed by atoms with Crippen LogP contribution in [0.1, 0.15) is 21.7 Å². The van der Waals surface area contributed by atoms with E-state index in [0.717, 1.165) is 22.6 Å². The summed E-state index contributed by atoms with van der Waals surface area (Å²) >= 11 is 13.4. The van der Waals surface area contributed by atoms with Gasteiger partial charge in [0.15, 0.2) is 11.5 Å². The Morgan fingerprint density at radius 1 is 0.811 bits per heavy atom. The topological polar surface area (TPSA) is 89.3 Å². The summed E-state index contributed by atoms with van der Waals surface area (Å²) in [4.78, 5) is 11.8. The van der Waals surface area contributed by atoms with E-state index in [9.17, 15) is 4.79 Å². The zero-order valence-electron chi connectivity index (χ0n) is 20.2. The van der Waals surface area contributed by atoms with Crippen molar-refractivity contribution in [2.24, 2.45) is 0 Å². The summed E-state index contributed by atoms with van der Waals surface area (Å²) in [6, 6.07) is 17.8. The van der Waals surface area contributed by atoms with E-state index in [0.29, 0.717) is 5.56 Å². The number of hydrogen-bond acceptors (Lipinski definition) is 8. The Balaban J connectivity index is 1.67. The average molecular weight is 544 g/mol. The number of carbonyl (C=O) groups is 1. The zero-order chi connectivity index (χ0) is 26.4. The molecule has 0 saturated heterocycles. The number of aromatic nitrogens is 1. The van der Waals surface area contributed by atoms with Crippen molar-refractivity contribution >= 4 is 29.2 Å². The van der Waals surface area contributed by atoms with E-state index in [2.05, 4.69) is 9.89 Å². The molecule has 0 radical (unpaired) electrons. The standard InChI is InChI=1S/C27H23Cl2NO7/c1-32-18-8-4-16(5-9-18)14-35-25-21(28)12-20(22-13-23(37-30-22)27(31)34-3)24(29)26(25)36-15-17-6-10-19(33-2)11-7-17/h4-13H,14-15H2,1-3H3. The first-order valence-corrected chi connectivity index (χ1v) is 11.8. The summed E-state index contributed by atoms with van der Waals surface area (Å²) in [5.74, 6) is 1.19. The van der Waals surface area contributed by atoms with Crippen LogP contribution in [0.2, 0.25) is 10.0 Å². The molecule has 8 nitrogen and oxygen atoms in total. The van der Waals surface area contributed by atoms with Gasteiger partial charge in [0, 0.05) is 11.6 Å². The lowest BCUT2D eigenvalue weighted by Crippen LogP contribution is -2.03. The number of halogens is 2. The molecule has 1 heterocycles. The molecule has 0 spiro atoms. The molecular formula is C27H23Cl2NO7. The minimum Gasteiger partial charge on any atom is -0.497 e. The Morgan fingerprint density at radius 3 is 1.86 bits per heavy atom. The van der Waals surface area contributed by atoms with Gasteiger partial charge in [0.05, 0.1) is 31.4 Å². The first-order valence-electron chi connectivity index (χ1n) is 11.0. The van der Waals surface area contributed by atoms with Gasteiger partial charge in [-0.05, 0) is 41.5 Å². The summed E-state index contributed by atoms with van der Waals surface area (Å²) in [7, 11) is 4.44. The van der Waals surface area contributed by atoms with Gasteiger partial charge in [0.2, 0.25) is 5.76 Å². The third-order valence-electron chi connectivity index (χ3n) is 5.39. The summed E-state index contributed by atoms with van der Waals surface area (Å²) in [5, 5.41) is 4.36. The fourth-order valence-electron chi connectivity index (χ4n) is 3.39. The summed E-state index contributed by atoms with van der Waals surface area (Å²) in [5.41, 5.74) is 2.43. The highest BCUT2D eigenvalue weighted by atomic mass is 35.5. The van der Waals surface area contributed by atoms with Crippen LogP contribution < -0.4 is 18.9 Å². The van der Waals surface area contributed by atoms with Crippen molar-refractivity contribution in [3.05, 3.63) is 87.6 Å². The number of methoxy groups -OCH3 is 3. The van der Waals surface area contributed by atoms with Gasteiger partial charge in [-0.1, -0.05) is 52.6 Å². The predicted octanol–water partition coefficient (Wildman–Crippen LogP) is 6.61. The lowest BCUT2D eigenvalue weighted by molar-refractivity contribution is 0.0554. The number of hydrogen-bond donors (Lipinski definition) is 0. The molecule has 0 aliphatic carbocycles. The quantitative estimate of drug-likeness (QED) is 0.206. The fourth-order valence-corrected chi connectivity index (χ4v) is 3.93. The molecule has 0 aliphatic rings. The average Bonchev–Trinajstić information content (AvgIpc) is 3.43. The molecule has 0 unspecified atom stereocenters. The SMILES string of the molecule is COC(=O)c1cc(-c2cc(Cl)c(OCc3ccc(OC)cc3)c(OCc3ccc(OC)cc3)c2Cl)no1. The number of carbonyl (C=O) groups excluding carboxylic acids is 1. The fraction of sp³-hybridized carbons (Fsp3) is 0.185. The van der Waals surface area contributed by atoms with Crippen molar-refractivity contribution in [3.63, 3.8) is 0 Å². The zero-order valence-corrected chi connectivity index (χ0v) is 21.8. The van der Waals surface area contributed by atoms with Crippen LogP contribution in [-0.2, 0) is 18.0 Å². The predicted molar refractivity (Wildman–Crippen MR) is 138 cm³/mol. The molecule has 1 aromatic heterocycles. The third-order valence-corrected chi connectivity index (χ3v) is 6.04. The second kappa shape index (κ2) is 11.9. The number of esters is 1. The lowest BCUT2D eigenvalue weighted by atomic mass is 10.1. The van der Waals surface area contributed by atoms with Gasteiger partial charge in [0.1, 0.15) is 30.4 Å². The van der Waals surface area contributed by atoms with Crippen LogP contribution in [0.15, 0.2) is 65.2 Å². The van der Waals surface area contributed by atoms with Gasteiger partial charge in [0.25, 0.3) is 0 Å².